The maximum absolute atomic E-state index is 12.7. The van der Waals surface area contributed by atoms with Gasteiger partial charge in [-0.2, -0.15) is 13.2 Å². The van der Waals surface area contributed by atoms with E-state index in [1.807, 2.05) is 0 Å². The molecular weight excluding hydrogens is 328 g/mol. The third-order valence-corrected chi connectivity index (χ3v) is 3.54. The van der Waals surface area contributed by atoms with Gasteiger partial charge in [-0.05, 0) is 25.0 Å². The van der Waals surface area contributed by atoms with E-state index in [9.17, 15) is 18.0 Å². The molecule has 21 heavy (non-hydrogen) atoms. The molecule has 0 N–H and O–H groups in total. The van der Waals surface area contributed by atoms with Crippen molar-refractivity contribution >= 4 is 29.1 Å². The Balaban J connectivity index is 3.15. The van der Waals surface area contributed by atoms with E-state index in [1.54, 1.807) is 13.8 Å². The lowest BCUT2D eigenvalue weighted by Crippen LogP contribution is -2.45. The summed E-state index contributed by atoms with van der Waals surface area (Å²) < 4.78 is 38.1. The minimum atomic E-state index is -4.48. The molecule has 0 saturated heterocycles. The number of hydrogen-bond donors (Lipinski definition) is 0. The third kappa shape index (κ3) is 5.04. The van der Waals surface area contributed by atoms with Crippen molar-refractivity contribution in [3.8, 4) is 0 Å². The molecular formula is C13H15Cl2F3N2O. The van der Waals surface area contributed by atoms with Gasteiger partial charge in [-0.3, -0.25) is 4.79 Å². The fourth-order valence-corrected chi connectivity index (χ4v) is 2.44. The van der Waals surface area contributed by atoms with E-state index >= 15 is 0 Å². The van der Waals surface area contributed by atoms with Gasteiger partial charge in [0.1, 0.15) is 16.9 Å². The molecule has 0 aliphatic carbocycles. The summed E-state index contributed by atoms with van der Waals surface area (Å²) in [5.41, 5.74) is -0.0859. The number of alkyl halides is 3. The van der Waals surface area contributed by atoms with Crippen molar-refractivity contribution in [2.45, 2.75) is 38.9 Å². The van der Waals surface area contributed by atoms with Gasteiger partial charge in [-0.25, -0.2) is 4.98 Å². The van der Waals surface area contributed by atoms with Gasteiger partial charge in [0.2, 0.25) is 0 Å². The first kappa shape index (κ1) is 18.0. The quantitative estimate of drug-likeness (QED) is 0.733. The summed E-state index contributed by atoms with van der Waals surface area (Å²) >= 11 is 11.4. The minimum absolute atomic E-state index is 0.0708. The van der Waals surface area contributed by atoms with Crippen LogP contribution in [0.15, 0.2) is 12.1 Å². The van der Waals surface area contributed by atoms with Gasteiger partial charge in [0.15, 0.2) is 0 Å². The summed E-state index contributed by atoms with van der Waals surface area (Å²) in [6, 6.07) is 2.08. The summed E-state index contributed by atoms with van der Waals surface area (Å²) in [5.74, 6) is -0.796. The van der Waals surface area contributed by atoms with Crippen LogP contribution in [0.1, 0.15) is 37.0 Å². The molecule has 1 rings (SSSR count). The highest BCUT2D eigenvalue weighted by Crippen LogP contribution is 2.25. The molecule has 0 radical (unpaired) electrons. The first-order valence-electron chi connectivity index (χ1n) is 6.39. The first-order chi connectivity index (χ1) is 9.69. The monoisotopic (exact) mass is 342 g/mol. The number of hydrogen-bond acceptors (Lipinski definition) is 2. The Labute approximate surface area is 131 Å². The number of amides is 1. The zero-order valence-electron chi connectivity index (χ0n) is 11.5. The Bertz CT molecular complexity index is 505. The smallest absolute Gasteiger partial charge is 0.326 e. The predicted octanol–water partition coefficient (Wildman–Crippen LogP) is 4.58. The third-order valence-electron chi connectivity index (χ3n) is 3.04. The first-order valence-corrected chi connectivity index (χ1v) is 7.15. The zero-order valence-corrected chi connectivity index (χ0v) is 13.1. The second-order valence-electron chi connectivity index (χ2n) is 4.49. The normalized spacial score (nSPS) is 11.8. The van der Waals surface area contributed by atoms with Crippen molar-refractivity contribution in [3.05, 3.63) is 28.0 Å². The lowest BCUT2D eigenvalue weighted by molar-refractivity contribution is -0.144. The molecule has 1 amide bonds. The van der Waals surface area contributed by atoms with Crippen LogP contribution in [0.4, 0.5) is 13.2 Å². The molecule has 3 nitrogen and oxygen atoms in total. The van der Waals surface area contributed by atoms with Crippen molar-refractivity contribution in [2.24, 2.45) is 0 Å². The van der Waals surface area contributed by atoms with Crippen LogP contribution < -0.4 is 0 Å². The summed E-state index contributed by atoms with van der Waals surface area (Å²) in [4.78, 5) is 16.8. The fraction of sp³-hybridized carbons (Fsp3) is 0.538. The summed E-state index contributed by atoms with van der Waals surface area (Å²) in [5, 5.41) is -0.132. The van der Waals surface area contributed by atoms with Gasteiger partial charge in [0.05, 0.1) is 5.56 Å². The van der Waals surface area contributed by atoms with Crippen molar-refractivity contribution in [2.75, 3.05) is 6.54 Å². The molecule has 8 heteroatoms. The maximum Gasteiger partial charge on any atom is 0.406 e. The Kier molecular flexibility index (Phi) is 6.28. The van der Waals surface area contributed by atoms with Crippen molar-refractivity contribution in [3.63, 3.8) is 0 Å². The van der Waals surface area contributed by atoms with Crippen molar-refractivity contribution in [1.82, 2.24) is 9.88 Å². The Hall–Kier alpha value is -1.01. The van der Waals surface area contributed by atoms with E-state index in [4.69, 9.17) is 23.2 Å². The van der Waals surface area contributed by atoms with Crippen molar-refractivity contribution < 1.29 is 18.0 Å². The number of aromatic nitrogens is 1. The van der Waals surface area contributed by atoms with Gasteiger partial charge < -0.3 is 4.90 Å². The lowest BCUT2D eigenvalue weighted by atomic mass is 10.1. The van der Waals surface area contributed by atoms with Crippen LogP contribution in [0.25, 0.3) is 0 Å². The number of nitrogens with zero attached hydrogens (tertiary/aromatic N) is 2. The van der Waals surface area contributed by atoms with Crippen LogP contribution in [0.2, 0.25) is 10.3 Å². The Morgan fingerprint density at radius 2 is 1.86 bits per heavy atom. The van der Waals surface area contributed by atoms with Gasteiger partial charge in [0, 0.05) is 6.04 Å². The molecule has 0 aliphatic rings. The van der Waals surface area contributed by atoms with E-state index in [-0.39, 0.29) is 15.9 Å². The Morgan fingerprint density at radius 1 is 1.29 bits per heavy atom. The highest BCUT2D eigenvalue weighted by atomic mass is 35.5. The maximum atomic E-state index is 12.7. The van der Waals surface area contributed by atoms with Crippen LogP contribution in [0, 0.1) is 0 Å². The SMILES string of the molecule is CCC(CC)N(CC(F)(F)F)C(=O)c1ccc(Cl)nc1Cl. The molecule has 0 saturated carbocycles. The summed E-state index contributed by atoms with van der Waals surface area (Å²) in [6.45, 7) is 2.14. The second kappa shape index (κ2) is 7.31. The number of pyridine rings is 1. The second-order valence-corrected chi connectivity index (χ2v) is 5.24. The molecule has 1 heterocycles. The molecule has 1 aromatic rings. The van der Waals surface area contributed by atoms with Gasteiger partial charge in [0.25, 0.3) is 5.91 Å². The van der Waals surface area contributed by atoms with E-state index in [0.717, 1.165) is 4.90 Å². The molecule has 118 valence electrons. The van der Waals surface area contributed by atoms with E-state index in [0.29, 0.717) is 12.8 Å². The highest BCUT2D eigenvalue weighted by molar-refractivity contribution is 6.34. The molecule has 0 bridgehead atoms. The Morgan fingerprint density at radius 3 is 2.29 bits per heavy atom. The van der Waals surface area contributed by atoms with Gasteiger partial charge in [-0.15, -0.1) is 0 Å². The molecule has 0 spiro atoms. The fourth-order valence-electron chi connectivity index (χ4n) is 2.02. The summed E-state index contributed by atoms with van der Waals surface area (Å²) in [6.07, 6.45) is -3.65. The molecule has 0 unspecified atom stereocenters. The average Bonchev–Trinajstić information content (AvgIpc) is 2.37. The summed E-state index contributed by atoms with van der Waals surface area (Å²) in [7, 11) is 0. The average molecular weight is 343 g/mol. The largest absolute Gasteiger partial charge is 0.406 e. The van der Waals surface area contributed by atoms with Crippen LogP contribution in [-0.4, -0.2) is 34.6 Å². The highest BCUT2D eigenvalue weighted by Gasteiger charge is 2.36. The lowest BCUT2D eigenvalue weighted by Gasteiger charge is -2.31. The van der Waals surface area contributed by atoms with Crippen LogP contribution in [0.3, 0.4) is 0 Å². The van der Waals surface area contributed by atoms with Crippen LogP contribution >= 0.6 is 23.2 Å². The molecule has 0 aromatic carbocycles. The van der Waals surface area contributed by atoms with E-state index in [1.165, 1.54) is 12.1 Å². The van der Waals surface area contributed by atoms with Gasteiger partial charge in [-0.1, -0.05) is 37.0 Å². The van der Waals surface area contributed by atoms with E-state index in [2.05, 4.69) is 4.98 Å². The topological polar surface area (TPSA) is 33.2 Å². The number of carbonyl (C=O) groups excluding carboxylic acids is 1. The molecule has 0 atom stereocenters. The predicted molar refractivity (Wildman–Crippen MR) is 75.7 cm³/mol. The van der Waals surface area contributed by atoms with E-state index < -0.39 is 24.7 Å². The standard InChI is InChI=1S/C13H15Cl2F3N2O/c1-3-8(4-2)20(7-13(16,17)18)12(21)9-5-6-10(14)19-11(9)15/h5-6,8H,3-4,7H2,1-2H3. The minimum Gasteiger partial charge on any atom is -0.326 e. The zero-order chi connectivity index (χ0) is 16.2. The van der Waals surface area contributed by atoms with Crippen LogP contribution in [-0.2, 0) is 0 Å². The molecule has 0 aliphatic heterocycles. The molecule has 0 fully saturated rings. The number of carbonyl (C=O) groups is 1. The number of rotatable bonds is 5. The van der Waals surface area contributed by atoms with Gasteiger partial charge >= 0.3 is 6.18 Å². The molecule has 1 aromatic heterocycles. The van der Waals surface area contributed by atoms with Crippen molar-refractivity contribution in [1.29, 1.82) is 0 Å². The number of halogens is 5. The van der Waals surface area contributed by atoms with Crippen LogP contribution in [0.5, 0.6) is 0 Å².